The normalized spacial score (nSPS) is 21.9. The van der Waals surface area contributed by atoms with E-state index in [0.717, 1.165) is 6.42 Å². The number of nitrogens with zero attached hydrogens (tertiary/aromatic N) is 6. The Bertz CT molecular complexity index is 567. The van der Waals surface area contributed by atoms with Crippen molar-refractivity contribution in [3.8, 4) is 5.95 Å². The molecule has 0 amide bonds. The van der Waals surface area contributed by atoms with Gasteiger partial charge in [0.25, 0.3) is 5.95 Å². The maximum Gasteiger partial charge on any atom is 0.258 e. The molecule has 1 aliphatic carbocycles. The first-order chi connectivity index (χ1) is 9.76. The minimum atomic E-state index is 0.290. The molecule has 4 N–H and O–H groups in total. The van der Waals surface area contributed by atoms with E-state index in [1.807, 2.05) is 0 Å². The second-order valence-corrected chi connectivity index (χ2v) is 4.93. The first-order valence-corrected chi connectivity index (χ1v) is 6.60. The van der Waals surface area contributed by atoms with E-state index in [0.29, 0.717) is 29.8 Å². The molecule has 1 aliphatic rings. The van der Waals surface area contributed by atoms with Crippen molar-refractivity contribution in [3.63, 3.8) is 0 Å². The number of nitrogens with one attached hydrogen (secondary N) is 2. The van der Waals surface area contributed by atoms with Gasteiger partial charge in [0.1, 0.15) is 12.7 Å². The van der Waals surface area contributed by atoms with Gasteiger partial charge < -0.3 is 5.32 Å². The summed E-state index contributed by atoms with van der Waals surface area (Å²) in [6.45, 7) is 2.23. The Balaban J connectivity index is 1.88. The van der Waals surface area contributed by atoms with E-state index in [9.17, 15) is 0 Å². The Morgan fingerprint density at radius 3 is 2.75 bits per heavy atom. The Morgan fingerprint density at radius 1 is 1.25 bits per heavy atom. The molecule has 0 aliphatic heterocycles. The van der Waals surface area contributed by atoms with Crippen molar-refractivity contribution >= 4 is 11.9 Å². The molecule has 2 atom stereocenters. The highest BCUT2D eigenvalue weighted by Gasteiger charge is 2.24. The maximum atomic E-state index is 5.40. The fraction of sp³-hybridized carbons (Fsp3) is 0.545. The lowest BCUT2D eigenvalue weighted by molar-refractivity contribution is 0.552. The van der Waals surface area contributed by atoms with Gasteiger partial charge in [0.05, 0.1) is 0 Å². The van der Waals surface area contributed by atoms with Gasteiger partial charge in [0, 0.05) is 6.04 Å². The van der Waals surface area contributed by atoms with Gasteiger partial charge in [-0.3, -0.25) is 5.43 Å². The van der Waals surface area contributed by atoms with Crippen molar-refractivity contribution in [2.45, 2.75) is 32.2 Å². The van der Waals surface area contributed by atoms with Crippen LogP contribution in [0.25, 0.3) is 5.95 Å². The van der Waals surface area contributed by atoms with Gasteiger partial charge in [0.15, 0.2) is 0 Å². The van der Waals surface area contributed by atoms with Gasteiger partial charge in [-0.2, -0.15) is 24.7 Å². The highest BCUT2D eigenvalue weighted by atomic mass is 15.4. The molecule has 0 spiro atoms. The van der Waals surface area contributed by atoms with Crippen molar-refractivity contribution in [2.24, 2.45) is 11.8 Å². The highest BCUT2D eigenvalue weighted by molar-refractivity contribution is 5.37. The number of nitrogen functional groups attached to an aromatic ring is 1. The van der Waals surface area contributed by atoms with Gasteiger partial charge in [-0.05, 0) is 18.8 Å². The topological polar surface area (TPSA) is 119 Å². The average Bonchev–Trinajstić information content (AvgIpc) is 3.11. The van der Waals surface area contributed by atoms with E-state index in [4.69, 9.17) is 5.84 Å². The summed E-state index contributed by atoms with van der Waals surface area (Å²) >= 11 is 0. The minimum Gasteiger partial charge on any atom is -0.351 e. The molecule has 0 saturated heterocycles. The predicted molar refractivity (Wildman–Crippen MR) is 73.0 cm³/mol. The third-order valence-corrected chi connectivity index (χ3v) is 3.55. The van der Waals surface area contributed by atoms with E-state index in [-0.39, 0.29) is 0 Å². The standard InChI is InChI=1S/C11H17N9/c1-7-3-2-4-8(7)15-9-16-10(19-12)18-11(17-9)20-6-13-5-14-20/h5-8H,2-4,12H2,1H3,(H2,15,16,17,18,19). The Kier molecular flexibility index (Phi) is 3.42. The van der Waals surface area contributed by atoms with Gasteiger partial charge in [-0.25, -0.2) is 10.8 Å². The average molecular weight is 275 g/mol. The molecule has 0 aromatic carbocycles. The summed E-state index contributed by atoms with van der Waals surface area (Å²) in [5.41, 5.74) is 2.44. The number of hydrazine groups is 1. The fourth-order valence-electron chi connectivity index (χ4n) is 2.43. The zero-order chi connectivity index (χ0) is 13.9. The molecule has 1 saturated carbocycles. The van der Waals surface area contributed by atoms with Crippen molar-refractivity contribution in [1.82, 2.24) is 29.7 Å². The number of rotatable bonds is 4. The second kappa shape index (κ2) is 5.37. The summed E-state index contributed by atoms with van der Waals surface area (Å²) in [4.78, 5) is 16.6. The molecule has 20 heavy (non-hydrogen) atoms. The zero-order valence-corrected chi connectivity index (χ0v) is 11.2. The molecule has 0 bridgehead atoms. The molecule has 2 heterocycles. The smallest absolute Gasteiger partial charge is 0.258 e. The SMILES string of the molecule is CC1CCCC1Nc1nc(NN)nc(-n2cncn2)n1. The summed E-state index contributed by atoms with van der Waals surface area (Å²) in [5, 5.41) is 7.35. The molecule has 0 radical (unpaired) electrons. The van der Waals surface area contributed by atoms with Crippen LogP contribution in [-0.4, -0.2) is 35.8 Å². The molecule has 2 aromatic heterocycles. The van der Waals surface area contributed by atoms with E-state index in [1.54, 1.807) is 0 Å². The molecule has 3 rings (SSSR count). The van der Waals surface area contributed by atoms with Crippen LogP contribution in [0.3, 0.4) is 0 Å². The van der Waals surface area contributed by atoms with E-state index >= 15 is 0 Å². The fourth-order valence-corrected chi connectivity index (χ4v) is 2.43. The zero-order valence-electron chi connectivity index (χ0n) is 11.2. The first-order valence-electron chi connectivity index (χ1n) is 6.60. The Labute approximate surface area is 116 Å². The quantitative estimate of drug-likeness (QED) is 0.539. The van der Waals surface area contributed by atoms with Crippen LogP contribution in [-0.2, 0) is 0 Å². The molecular formula is C11H17N9. The van der Waals surface area contributed by atoms with Crippen LogP contribution < -0.4 is 16.6 Å². The summed E-state index contributed by atoms with van der Waals surface area (Å²) in [5.74, 6) is 7.17. The molecule has 2 unspecified atom stereocenters. The lowest BCUT2D eigenvalue weighted by Crippen LogP contribution is -2.24. The summed E-state index contributed by atoms with van der Waals surface area (Å²) in [6, 6.07) is 0.381. The van der Waals surface area contributed by atoms with Crippen LogP contribution in [0, 0.1) is 5.92 Å². The van der Waals surface area contributed by atoms with Crippen LogP contribution in [0.2, 0.25) is 0 Å². The Morgan fingerprint density at radius 2 is 2.10 bits per heavy atom. The lowest BCUT2D eigenvalue weighted by Gasteiger charge is -2.17. The number of aromatic nitrogens is 6. The summed E-state index contributed by atoms with van der Waals surface area (Å²) in [7, 11) is 0. The lowest BCUT2D eigenvalue weighted by atomic mass is 10.1. The molecule has 9 nitrogen and oxygen atoms in total. The highest BCUT2D eigenvalue weighted by Crippen LogP contribution is 2.27. The van der Waals surface area contributed by atoms with Gasteiger partial charge >= 0.3 is 0 Å². The third kappa shape index (κ3) is 2.52. The van der Waals surface area contributed by atoms with Crippen molar-refractivity contribution < 1.29 is 0 Å². The predicted octanol–water partition coefficient (Wildman–Crippen LogP) is 0.338. The summed E-state index contributed by atoms with van der Waals surface area (Å²) < 4.78 is 1.46. The van der Waals surface area contributed by atoms with Crippen LogP contribution >= 0.6 is 0 Å². The molecule has 2 aromatic rings. The molecular weight excluding hydrogens is 258 g/mol. The van der Waals surface area contributed by atoms with Gasteiger partial charge in [0.2, 0.25) is 11.9 Å². The van der Waals surface area contributed by atoms with Gasteiger partial charge in [-0.1, -0.05) is 13.3 Å². The van der Waals surface area contributed by atoms with Crippen molar-refractivity contribution in [1.29, 1.82) is 0 Å². The number of nitrogens with two attached hydrogens (primary N) is 1. The Hall–Kier alpha value is -2.29. The van der Waals surface area contributed by atoms with Crippen molar-refractivity contribution in [3.05, 3.63) is 12.7 Å². The van der Waals surface area contributed by atoms with Crippen LogP contribution in [0.1, 0.15) is 26.2 Å². The number of hydrogen-bond donors (Lipinski definition) is 3. The van der Waals surface area contributed by atoms with Gasteiger partial charge in [-0.15, -0.1) is 0 Å². The molecule has 1 fully saturated rings. The minimum absolute atomic E-state index is 0.290. The number of hydrogen-bond acceptors (Lipinski definition) is 8. The largest absolute Gasteiger partial charge is 0.351 e. The monoisotopic (exact) mass is 275 g/mol. The maximum absolute atomic E-state index is 5.40. The number of anilines is 2. The van der Waals surface area contributed by atoms with Crippen LogP contribution in [0.5, 0.6) is 0 Å². The molecule has 106 valence electrons. The third-order valence-electron chi connectivity index (χ3n) is 3.55. The molecule has 9 heteroatoms. The van der Waals surface area contributed by atoms with Crippen LogP contribution in [0.4, 0.5) is 11.9 Å². The van der Waals surface area contributed by atoms with Crippen molar-refractivity contribution in [2.75, 3.05) is 10.7 Å². The summed E-state index contributed by atoms with van der Waals surface area (Å²) in [6.07, 6.45) is 6.52. The van der Waals surface area contributed by atoms with E-state index in [1.165, 1.54) is 30.2 Å². The first kappa shape index (κ1) is 12.7. The second-order valence-electron chi connectivity index (χ2n) is 4.93. The van der Waals surface area contributed by atoms with E-state index in [2.05, 4.69) is 42.7 Å². The van der Waals surface area contributed by atoms with E-state index < -0.39 is 0 Å². The van der Waals surface area contributed by atoms with Crippen LogP contribution in [0.15, 0.2) is 12.7 Å².